The van der Waals surface area contributed by atoms with Crippen LogP contribution in [0.25, 0.3) is 0 Å². The van der Waals surface area contributed by atoms with E-state index < -0.39 is 6.04 Å². The highest BCUT2D eigenvalue weighted by atomic mass is 35.5. The first kappa shape index (κ1) is 25.6. The van der Waals surface area contributed by atoms with Gasteiger partial charge in [-0.25, -0.2) is 0 Å². The highest BCUT2D eigenvalue weighted by Gasteiger charge is 2.34. The molecule has 0 saturated carbocycles. The van der Waals surface area contributed by atoms with Gasteiger partial charge in [0.2, 0.25) is 5.91 Å². The van der Waals surface area contributed by atoms with E-state index in [1.807, 2.05) is 13.8 Å². The maximum absolute atomic E-state index is 13.1. The van der Waals surface area contributed by atoms with Crippen molar-refractivity contribution in [2.75, 3.05) is 26.7 Å². The number of hydrogen-bond donors (Lipinski definition) is 2. The van der Waals surface area contributed by atoms with Crippen LogP contribution in [0.4, 0.5) is 0 Å². The second-order valence-corrected chi connectivity index (χ2v) is 9.40. The zero-order valence-electron chi connectivity index (χ0n) is 19.8. The molecule has 1 unspecified atom stereocenters. The number of likely N-dealkylation sites (tertiary alicyclic amines) is 1. The van der Waals surface area contributed by atoms with Crippen molar-refractivity contribution in [2.24, 2.45) is 11.8 Å². The largest absolute Gasteiger partial charge is 0.497 e. The zero-order chi connectivity index (χ0) is 24.7. The molecule has 1 saturated heterocycles. The van der Waals surface area contributed by atoms with E-state index in [1.165, 1.54) is 7.11 Å². The van der Waals surface area contributed by atoms with Gasteiger partial charge >= 0.3 is 0 Å². The highest BCUT2D eigenvalue weighted by molar-refractivity contribution is 6.30. The topological polar surface area (TPSA) is 87.7 Å². The number of rotatable bonds is 8. The van der Waals surface area contributed by atoms with E-state index in [-0.39, 0.29) is 29.6 Å². The summed E-state index contributed by atoms with van der Waals surface area (Å²) in [6.07, 6.45) is 1.22. The second kappa shape index (κ2) is 11.9. The molecule has 0 aromatic heterocycles. The van der Waals surface area contributed by atoms with Crippen molar-refractivity contribution in [1.29, 1.82) is 0 Å². The molecular weight excluding hydrogens is 454 g/mol. The molecule has 2 aromatic rings. The molecule has 0 spiro atoms. The molecule has 8 heteroatoms. The van der Waals surface area contributed by atoms with Gasteiger partial charge in [0.05, 0.1) is 7.11 Å². The van der Waals surface area contributed by atoms with Gasteiger partial charge in [0.25, 0.3) is 11.8 Å². The molecule has 1 heterocycles. The molecule has 0 radical (unpaired) electrons. The van der Waals surface area contributed by atoms with Crippen LogP contribution in [0.2, 0.25) is 5.02 Å². The first-order chi connectivity index (χ1) is 16.3. The van der Waals surface area contributed by atoms with Crippen LogP contribution in [0.1, 0.15) is 47.4 Å². The highest BCUT2D eigenvalue weighted by Crippen LogP contribution is 2.24. The Balaban J connectivity index is 1.69. The number of nitrogens with one attached hydrogen (secondary N) is 2. The molecule has 3 rings (SSSR count). The van der Waals surface area contributed by atoms with Gasteiger partial charge in [0.1, 0.15) is 11.8 Å². The molecular formula is C26H32ClN3O4. The predicted octanol–water partition coefficient (Wildman–Crippen LogP) is 3.77. The minimum absolute atomic E-state index is 0.0589. The second-order valence-electron chi connectivity index (χ2n) is 8.96. The first-order valence-electron chi connectivity index (χ1n) is 11.6. The van der Waals surface area contributed by atoms with Gasteiger partial charge in [0, 0.05) is 35.8 Å². The van der Waals surface area contributed by atoms with Crippen LogP contribution in [0.5, 0.6) is 5.75 Å². The molecule has 1 aliphatic heterocycles. The smallest absolute Gasteiger partial charge is 0.253 e. The molecule has 1 fully saturated rings. The molecule has 0 aliphatic carbocycles. The van der Waals surface area contributed by atoms with Crippen molar-refractivity contribution in [2.45, 2.75) is 32.7 Å². The standard InChI is InChI=1S/C26H32ClN3O4/c1-17(2)16-28-25(32)23(29-24(31)20-5-4-6-22(15-20)34-3)18-11-13-30(14-12-18)26(33)19-7-9-21(27)10-8-19/h4-10,15,17-18,23H,11-14,16H2,1-3H3,(H,28,32)(H,29,31). The Bertz CT molecular complexity index is 1000. The first-order valence-corrected chi connectivity index (χ1v) is 11.9. The molecule has 1 atom stereocenters. The number of carbonyl (C=O) groups excluding carboxylic acids is 3. The Labute approximate surface area is 205 Å². The van der Waals surface area contributed by atoms with Gasteiger partial charge in [-0.2, -0.15) is 0 Å². The third-order valence-corrected chi connectivity index (χ3v) is 6.23. The van der Waals surface area contributed by atoms with E-state index in [0.717, 1.165) is 0 Å². The van der Waals surface area contributed by atoms with Crippen molar-refractivity contribution < 1.29 is 19.1 Å². The Morgan fingerprint density at radius 3 is 2.35 bits per heavy atom. The Morgan fingerprint density at radius 2 is 1.74 bits per heavy atom. The summed E-state index contributed by atoms with van der Waals surface area (Å²) in [4.78, 5) is 40.7. The van der Waals surface area contributed by atoms with Gasteiger partial charge in [-0.15, -0.1) is 0 Å². The summed E-state index contributed by atoms with van der Waals surface area (Å²) in [6, 6.07) is 13.0. The number of nitrogens with zero attached hydrogens (tertiary/aromatic N) is 1. The zero-order valence-corrected chi connectivity index (χ0v) is 20.6. The molecule has 34 heavy (non-hydrogen) atoms. The number of amides is 3. The van der Waals surface area contributed by atoms with Crippen molar-refractivity contribution in [1.82, 2.24) is 15.5 Å². The van der Waals surface area contributed by atoms with Crippen LogP contribution in [-0.4, -0.2) is 55.4 Å². The van der Waals surface area contributed by atoms with E-state index in [4.69, 9.17) is 16.3 Å². The SMILES string of the molecule is COc1cccc(C(=O)NC(C(=O)NCC(C)C)C2CCN(C(=O)c3ccc(Cl)cc3)CC2)c1. The summed E-state index contributed by atoms with van der Waals surface area (Å²) in [7, 11) is 1.54. The number of ether oxygens (including phenoxy) is 1. The molecule has 3 amide bonds. The van der Waals surface area contributed by atoms with Crippen LogP contribution in [0.3, 0.4) is 0 Å². The van der Waals surface area contributed by atoms with Crippen molar-refractivity contribution in [3.8, 4) is 5.75 Å². The van der Waals surface area contributed by atoms with Crippen molar-refractivity contribution in [3.05, 3.63) is 64.7 Å². The van der Waals surface area contributed by atoms with Gasteiger partial charge in [-0.05, 0) is 67.1 Å². The molecule has 7 nitrogen and oxygen atoms in total. The van der Waals surface area contributed by atoms with E-state index in [1.54, 1.807) is 53.4 Å². The van der Waals surface area contributed by atoms with Crippen LogP contribution in [-0.2, 0) is 4.79 Å². The summed E-state index contributed by atoms with van der Waals surface area (Å²) < 4.78 is 5.21. The maximum Gasteiger partial charge on any atom is 0.253 e. The van der Waals surface area contributed by atoms with Gasteiger partial charge < -0.3 is 20.3 Å². The third kappa shape index (κ3) is 6.73. The lowest BCUT2D eigenvalue weighted by Crippen LogP contribution is -2.54. The fourth-order valence-electron chi connectivity index (χ4n) is 4.01. The number of hydrogen-bond acceptors (Lipinski definition) is 4. The third-order valence-electron chi connectivity index (χ3n) is 5.97. The lowest BCUT2D eigenvalue weighted by Gasteiger charge is -2.36. The minimum Gasteiger partial charge on any atom is -0.497 e. The fraction of sp³-hybridized carbons (Fsp3) is 0.423. The van der Waals surface area contributed by atoms with Gasteiger partial charge in [-0.3, -0.25) is 14.4 Å². The Kier molecular flexibility index (Phi) is 8.93. The van der Waals surface area contributed by atoms with Crippen LogP contribution in [0, 0.1) is 11.8 Å². The minimum atomic E-state index is -0.690. The number of methoxy groups -OCH3 is 1. The van der Waals surface area contributed by atoms with E-state index >= 15 is 0 Å². The summed E-state index contributed by atoms with van der Waals surface area (Å²) in [5.74, 6) is 0.183. The Morgan fingerprint density at radius 1 is 1.06 bits per heavy atom. The van der Waals surface area contributed by atoms with Gasteiger partial charge in [-0.1, -0.05) is 31.5 Å². The quantitative estimate of drug-likeness (QED) is 0.595. The summed E-state index contributed by atoms with van der Waals surface area (Å²) >= 11 is 5.93. The molecule has 0 bridgehead atoms. The maximum atomic E-state index is 13.1. The number of carbonyl (C=O) groups is 3. The van der Waals surface area contributed by atoms with Crippen LogP contribution >= 0.6 is 11.6 Å². The van der Waals surface area contributed by atoms with E-state index in [0.29, 0.717) is 54.4 Å². The van der Waals surface area contributed by atoms with Gasteiger partial charge in [0.15, 0.2) is 0 Å². The average molecular weight is 486 g/mol. The van der Waals surface area contributed by atoms with Crippen molar-refractivity contribution in [3.63, 3.8) is 0 Å². The van der Waals surface area contributed by atoms with E-state index in [2.05, 4.69) is 10.6 Å². The molecule has 1 aliphatic rings. The van der Waals surface area contributed by atoms with E-state index in [9.17, 15) is 14.4 Å². The lowest BCUT2D eigenvalue weighted by molar-refractivity contribution is -0.124. The fourth-order valence-corrected chi connectivity index (χ4v) is 4.14. The molecule has 2 aromatic carbocycles. The van der Waals surface area contributed by atoms with Crippen LogP contribution in [0.15, 0.2) is 48.5 Å². The van der Waals surface area contributed by atoms with Crippen molar-refractivity contribution >= 4 is 29.3 Å². The normalized spacial score (nSPS) is 15.0. The molecule has 2 N–H and O–H groups in total. The van der Waals surface area contributed by atoms with Crippen LogP contribution < -0.4 is 15.4 Å². The number of benzene rings is 2. The summed E-state index contributed by atoms with van der Waals surface area (Å²) in [5.41, 5.74) is 1.01. The molecule has 182 valence electrons. The average Bonchev–Trinajstić information content (AvgIpc) is 2.86. The summed E-state index contributed by atoms with van der Waals surface area (Å²) in [5, 5.41) is 6.47. The predicted molar refractivity (Wildman–Crippen MR) is 132 cm³/mol. The number of halogens is 1. The summed E-state index contributed by atoms with van der Waals surface area (Å²) in [6.45, 7) is 5.58. The number of piperidine rings is 1. The Hall–Kier alpha value is -3.06. The lowest BCUT2D eigenvalue weighted by atomic mass is 9.88. The monoisotopic (exact) mass is 485 g/mol.